The van der Waals surface area contributed by atoms with Crippen LogP contribution < -0.4 is 0 Å². The molecular weight excluding hydrogens is 316 g/mol. The molecule has 3 rings (SSSR count). The molecule has 1 saturated carbocycles. The van der Waals surface area contributed by atoms with Gasteiger partial charge in [-0.3, -0.25) is 4.79 Å². The molecule has 132 valence electrons. The van der Waals surface area contributed by atoms with Gasteiger partial charge in [0.1, 0.15) is 6.04 Å². The van der Waals surface area contributed by atoms with E-state index in [1.54, 1.807) is 0 Å². The Kier molecular flexibility index (Phi) is 4.99. The van der Waals surface area contributed by atoms with Crippen LogP contribution in [-0.2, 0) is 15.0 Å². The Labute approximate surface area is 139 Å². The topological polar surface area (TPSA) is 77.9 Å². The van der Waals surface area contributed by atoms with E-state index in [1.165, 1.54) is 40.7 Å². The van der Waals surface area contributed by atoms with Crippen LogP contribution in [0.5, 0.6) is 0 Å². The van der Waals surface area contributed by atoms with E-state index in [4.69, 9.17) is 0 Å². The Bertz CT molecular complexity index is 532. The third-order valence-electron chi connectivity index (χ3n) is 6.06. The van der Waals surface area contributed by atoms with Crippen LogP contribution in [0.15, 0.2) is 0 Å². The van der Waals surface area contributed by atoms with Crippen LogP contribution in [-0.4, -0.2) is 53.8 Å². The first-order chi connectivity index (χ1) is 10.9. The summed E-state index contributed by atoms with van der Waals surface area (Å²) < 4.78 is 28.6. The number of nitrogens with zero attached hydrogens (tertiary/aromatic N) is 2. The summed E-state index contributed by atoms with van der Waals surface area (Å²) in [7, 11) is -3.65. The van der Waals surface area contributed by atoms with E-state index < -0.39 is 22.2 Å². The first kappa shape index (κ1) is 17.2. The maximum absolute atomic E-state index is 12.9. The lowest BCUT2D eigenvalue weighted by Gasteiger charge is -2.45. The van der Waals surface area contributed by atoms with Crippen molar-refractivity contribution in [2.75, 3.05) is 19.6 Å². The summed E-state index contributed by atoms with van der Waals surface area (Å²) in [4.78, 5) is 11.4. The van der Waals surface area contributed by atoms with Crippen molar-refractivity contribution in [2.45, 2.75) is 70.3 Å². The van der Waals surface area contributed by atoms with Gasteiger partial charge in [0.05, 0.1) is 0 Å². The van der Waals surface area contributed by atoms with Gasteiger partial charge in [-0.05, 0) is 50.4 Å². The van der Waals surface area contributed by atoms with Gasteiger partial charge in [-0.25, -0.2) is 0 Å². The van der Waals surface area contributed by atoms with Crippen molar-refractivity contribution in [2.24, 2.45) is 5.41 Å². The Morgan fingerprint density at radius 3 is 2.17 bits per heavy atom. The predicted molar refractivity (Wildman–Crippen MR) is 87.2 cm³/mol. The molecule has 0 aromatic heterocycles. The average Bonchev–Trinajstić information content (AvgIpc) is 2.56. The minimum absolute atomic E-state index is 0.334. The van der Waals surface area contributed by atoms with Gasteiger partial charge >= 0.3 is 5.97 Å². The Morgan fingerprint density at radius 2 is 1.57 bits per heavy atom. The lowest BCUT2D eigenvalue weighted by atomic mass is 9.68. The van der Waals surface area contributed by atoms with Crippen molar-refractivity contribution < 1.29 is 18.3 Å². The molecule has 3 aliphatic rings. The summed E-state index contributed by atoms with van der Waals surface area (Å²) in [5.74, 6) is -1.02. The fourth-order valence-corrected chi connectivity index (χ4v) is 6.39. The molecule has 23 heavy (non-hydrogen) atoms. The number of piperidine rings is 2. The van der Waals surface area contributed by atoms with E-state index in [-0.39, 0.29) is 0 Å². The first-order valence-electron chi connectivity index (χ1n) is 8.94. The maximum atomic E-state index is 12.9. The van der Waals surface area contributed by atoms with E-state index in [0.717, 1.165) is 25.7 Å². The van der Waals surface area contributed by atoms with Crippen LogP contribution >= 0.6 is 0 Å². The van der Waals surface area contributed by atoms with Gasteiger partial charge in [0.2, 0.25) is 0 Å². The van der Waals surface area contributed by atoms with Gasteiger partial charge in [-0.1, -0.05) is 19.3 Å². The Hall–Kier alpha value is -0.660. The summed E-state index contributed by atoms with van der Waals surface area (Å²) in [6, 6.07) is -0.890. The molecular formula is C16H28N2O4S. The zero-order valence-electron chi connectivity index (χ0n) is 13.7. The number of carboxylic acid groups (broad SMARTS) is 1. The van der Waals surface area contributed by atoms with E-state index in [9.17, 15) is 18.3 Å². The third-order valence-corrected chi connectivity index (χ3v) is 8.11. The van der Waals surface area contributed by atoms with Crippen LogP contribution in [0.4, 0.5) is 0 Å². The fraction of sp³-hybridized carbons (Fsp3) is 0.938. The molecule has 1 unspecified atom stereocenters. The molecule has 0 bridgehead atoms. The summed E-state index contributed by atoms with van der Waals surface area (Å²) >= 11 is 0. The third kappa shape index (κ3) is 3.42. The second-order valence-corrected chi connectivity index (χ2v) is 9.31. The van der Waals surface area contributed by atoms with Gasteiger partial charge in [-0.2, -0.15) is 17.0 Å². The lowest BCUT2D eigenvalue weighted by Crippen LogP contribution is -2.55. The van der Waals surface area contributed by atoms with Crippen molar-refractivity contribution in [1.82, 2.24) is 8.61 Å². The van der Waals surface area contributed by atoms with Crippen molar-refractivity contribution in [3.63, 3.8) is 0 Å². The van der Waals surface area contributed by atoms with Gasteiger partial charge in [0.25, 0.3) is 10.2 Å². The highest BCUT2D eigenvalue weighted by Gasteiger charge is 2.44. The summed E-state index contributed by atoms with van der Waals surface area (Å²) in [6.45, 7) is 1.43. The smallest absolute Gasteiger partial charge is 0.322 e. The quantitative estimate of drug-likeness (QED) is 0.851. The van der Waals surface area contributed by atoms with Gasteiger partial charge in [0, 0.05) is 19.6 Å². The minimum atomic E-state index is -3.65. The molecule has 1 N–H and O–H groups in total. The van der Waals surface area contributed by atoms with Gasteiger partial charge in [-0.15, -0.1) is 0 Å². The summed E-state index contributed by atoms with van der Waals surface area (Å²) in [5, 5.41) is 9.34. The lowest BCUT2D eigenvalue weighted by molar-refractivity contribution is -0.142. The number of aliphatic carboxylic acids is 1. The number of rotatable bonds is 3. The molecule has 2 aliphatic heterocycles. The van der Waals surface area contributed by atoms with Crippen LogP contribution in [0.1, 0.15) is 64.2 Å². The van der Waals surface area contributed by atoms with Crippen LogP contribution in [0.25, 0.3) is 0 Å². The highest BCUT2D eigenvalue weighted by atomic mass is 32.2. The second-order valence-electron chi connectivity index (χ2n) is 7.43. The van der Waals surface area contributed by atoms with E-state index >= 15 is 0 Å². The Balaban J connectivity index is 1.69. The van der Waals surface area contributed by atoms with Gasteiger partial charge < -0.3 is 5.11 Å². The SMILES string of the molecule is O=C(O)C1CCCCN1S(=O)(=O)N1CCC2(CCCCC2)CC1. The van der Waals surface area contributed by atoms with Crippen molar-refractivity contribution in [3.8, 4) is 0 Å². The van der Waals surface area contributed by atoms with Crippen LogP contribution in [0, 0.1) is 5.41 Å². The van der Waals surface area contributed by atoms with Crippen LogP contribution in [0.3, 0.4) is 0 Å². The normalized spacial score (nSPS) is 30.3. The molecule has 0 aromatic carbocycles. The standard InChI is InChI=1S/C16H28N2O4S/c19-15(20)14-6-2-5-11-18(14)23(21,22)17-12-9-16(10-13-17)7-3-1-4-8-16/h14H,1-13H2,(H,19,20). The summed E-state index contributed by atoms with van der Waals surface area (Å²) in [5.41, 5.74) is 0.346. The number of carbonyl (C=O) groups is 1. The van der Waals surface area contributed by atoms with E-state index in [2.05, 4.69) is 0 Å². The zero-order chi connectivity index (χ0) is 16.5. The highest BCUT2D eigenvalue weighted by molar-refractivity contribution is 7.86. The van der Waals surface area contributed by atoms with Crippen molar-refractivity contribution in [1.29, 1.82) is 0 Å². The van der Waals surface area contributed by atoms with E-state index in [1.807, 2.05) is 0 Å². The molecule has 3 fully saturated rings. The second kappa shape index (κ2) is 6.69. The largest absolute Gasteiger partial charge is 0.480 e. The number of hydrogen-bond donors (Lipinski definition) is 1. The number of carboxylic acids is 1. The van der Waals surface area contributed by atoms with Crippen molar-refractivity contribution >= 4 is 16.2 Å². The molecule has 7 heteroatoms. The monoisotopic (exact) mass is 344 g/mol. The first-order valence-corrected chi connectivity index (χ1v) is 10.3. The molecule has 1 aliphatic carbocycles. The summed E-state index contributed by atoms with van der Waals surface area (Å²) in [6.07, 6.45) is 10.1. The maximum Gasteiger partial charge on any atom is 0.322 e. The molecule has 6 nitrogen and oxygen atoms in total. The predicted octanol–water partition coefficient (Wildman–Crippen LogP) is 2.22. The molecule has 0 amide bonds. The zero-order valence-corrected chi connectivity index (χ0v) is 14.6. The average molecular weight is 344 g/mol. The Morgan fingerprint density at radius 1 is 0.913 bits per heavy atom. The number of hydrogen-bond acceptors (Lipinski definition) is 3. The molecule has 1 spiro atoms. The van der Waals surface area contributed by atoms with Gasteiger partial charge in [0.15, 0.2) is 0 Å². The molecule has 0 radical (unpaired) electrons. The van der Waals surface area contributed by atoms with Crippen molar-refractivity contribution in [3.05, 3.63) is 0 Å². The fourth-order valence-electron chi connectivity index (χ4n) is 4.57. The highest BCUT2D eigenvalue weighted by Crippen LogP contribution is 2.45. The molecule has 1 atom stereocenters. The molecule has 2 heterocycles. The minimum Gasteiger partial charge on any atom is -0.480 e. The van der Waals surface area contributed by atoms with Crippen LogP contribution in [0.2, 0.25) is 0 Å². The molecule has 0 aromatic rings. The van der Waals surface area contributed by atoms with E-state index in [0.29, 0.717) is 31.5 Å². The molecule has 2 saturated heterocycles.